The lowest BCUT2D eigenvalue weighted by atomic mass is 9.98. The van der Waals surface area contributed by atoms with Gasteiger partial charge in [0.05, 0.1) is 27.9 Å². The molecule has 0 unspecified atom stereocenters. The number of aromatic carboxylic acids is 1. The van der Waals surface area contributed by atoms with Crippen molar-refractivity contribution in [2.75, 3.05) is 19.3 Å². The summed E-state index contributed by atoms with van der Waals surface area (Å²) in [7, 11) is -3.15. The van der Waals surface area contributed by atoms with E-state index in [0.29, 0.717) is 36.4 Å². The summed E-state index contributed by atoms with van der Waals surface area (Å²) in [5, 5.41) is 14.3. The van der Waals surface area contributed by atoms with Crippen LogP contribution in [0.1, 0.15) is 28.9 Å². The van der Waals surface area contributed by atoms with Crippen molar-refractivity contribution in [3.8, 4) is 0 Å². The van der Waals surface area contributed by atoms with E-state index in [9.17, 15) is 13.2 Å². The van der Waals surface area contributed by atoms with Gasteiger partial charge in [0.25, 0.3) is 0 Å². The second-order valence-corrected chi connectivity index (χ2v) is 8.72. The lowest BCUT2D eigenvalue weighted by Gasteiger charge is -2.30. The van der Waals surface area contributed by atoms with Crippen LogP contribution >= 0.6 is 11.6 Å². The molecule has 0 atom stereocenters. The molecule has 1 aliphatic heterocycles. The van der Waals surface area contributed by atoms with Crippen LogP contribution in [0.25, 0.3) is 11.0 Å². The molecule has 1 N–H and O–H groups in total. The molecule has 0 aliphatic carbocycles. The maximum Gasteiger partial charge on any atom is 0.338 e. The van der Waals surface area contributed by atoms with Crippen LogP contribution in [-0.2, 0) is 16.6 Å². The third-order valence-electron chi connectivity index (χ3n) is 4.58. The van der Waals surface area contributed by atoms with Crippen LogP contribution in [0.5, 0.6) is 0 Å². The first-order valence-corrected chi connectivity index (χ1v) is 10.1. The molecule has 25 heavy (non-hydrogen) atoms. The van der Waals surface area contributed by atoms with Gasteiger partial charge in [-0.1, -0.05) is 11.6 Å². The predicted octanol–water partition coefficient (Wildman–Crippen LogP) is 1.76. The molecule has 10 heteroatoms. The second kappa shape index (κ2) is 6.54. The molecule has 0 saturated carbocycles. The Kier molecular flexibility index (Phi) is 4.74. The van der Waals surface area contributed by atoms with Crippen molar-refractivity contribution in [1.82, 2.24) is 19.1 Å². The van der Waals surface area contributed by atoms with Crippen molar-refractivity contribution in [2.45, 2.75) is 26.3 Å². The normalized spacial score (nSPS) is 17.2. The van der Waals surface area contributed by atoms with Gasteiger partial charge in [-0.15, -0.1) is 0 Å². The summed E-state index contributed by atoms with van der Waals surface area (Å²) in [6, 6.07) is 0. The van der Waals surface area contributed by atoms with Gasteiger partial charge in [-0.05, 0) is 25.7 Å². The largest absolute Gasteiger partial charge is 0.478 e. The van der Waals surface area contributed by atoms with Gasteiger partial charge in [-0.3, -0.25) is 0 Å². The van der Waals surface area contributed by atoms with Gasteiger partial charge < -0.3 is 5.11 Å². The van der Waals surface area contributed by atoms with Gasteiger partial charge in [-0.2, -0.15) is 5.10 Å². The monoisotopic (exact) mass is 386 g/mol. The van der Waals surface area contributed by atoms with Gasteiger partial charge in [0.15, 0.2) is 5.65 Å². The van der Waals surface area contributed by atoms with E-state index in [1.165, 1.54) is 16.8 Å². The van der Waals surface area contributed by atoms with E-state index in [0.717, 1.165) is 12.8 Å². The van der Waals surface area contributed by atoms with Gasteiger partial charge in [0.2, 0.25) is 10.0 Å². The number of fused-ring (bicyclic) bond motifs is 1. The van der Waals surface area contributed by atoms with Crippen LogP contribution in [0.3, 0.4) is 0 Å². The molecule has 8 nitrogen and oxygen atoms in total. The zero-order valence-corrected chi connectivity index (χ0v) is 15.5. The van der Waals surface area contributed by atoms with Crippen molar-refractivity contribution in [3.63, 3.8) is 0 Å². The summed E-state index contributed by atoms with van der Waals surface area (Å²) in [4.78, 5) is 15.4. The van der Waals surface area contributed by atoms with Crippen LogP contribution in [0.4, 0.5) is 0 Å². The van der Waals surface area contributed by atoms with Crippen LogP contribution in [0.15, 0.2) is 6.20 Å². The molecule has 0 radical (unpaired) electrons. The topological polar surface area (TPSA) is 105 Å². The highest BCUT2D eigenvalue weighted by atomic mass is 35.5. The van der Waals surface area contributed by atoms with Gasteiger partial charge in [0.1, 0.15) is 0 Å². The number of piperidine rings is 1. The van der Waals surface area contributed by atoms with E-state index in [1.807, 2.05) is 0 Å². The summed E-state index contributed by atoms with van der Waals surface area (Å²) in [5.41, 5.74) is 1.14. The van der Waals surface area contributed by atoms with Crippen molar-refractivity contribution in [3.05, 3.63) is 22.5 Å². The Balaban J connectivity index is 1.84. The number of aromatic nitrogens is 3. The molecule has 0 amide bonds. The SMILES string of the molecule is Cc1nn(CC2CCN(S(C)(=O)=O)CC2)c2ncc(C(=O)O)c(Cl)c12. The summed E-state index contributed by atoms with van der Waals surface area (Å²) in [5.74, 6) is -0.847. The van der Waals surface area contributed by atoms with E-state index in [4.69, 9.17) is 16.7 Å². The number of carbonyl (C=O) groups is 1. The third kappa shape index (κ3) is 3.49. The highest BCUT2D eigenvalue weighted by Gasteiger charge is 2.26. The number of carboxylic acid groups (broad SMARTS) is 1. The molecule has 0 spiro atoms. The highest BCUT2D eigenvalue weighted by molar-refractivity contribution is 7.88. The summed E-state index contributed by atoms with van der Waals surface area (Å²) in [6.07, 6.45) is 3.96. The number of halogens is 1. The van der Waals surface area contributed by atoms with Crippen molar-refractivity contribution in [1.29, 1.82) is 0 Å². The number of rotatable bonds is 4. The molecule has 2 aromatic rings. The molecule has 1 fully saturated rings. The molecule has 1 aliphatic rings. The van der Waals surface area contributed by atoms with Crippen molar-refractivity contribution in [2.24, 2.45) is 5.92 Å². The number of carboxylic acids is 1. The van der Waals surface area contributed by atoms with Crippen LogP contribution in [-0.4, -0.2) is 57.9 Å². The minimum Gasteiger partial charge on any atom is -0.478 e. The lowest BCUT2D eigenvalue weighted by molar-refractivity contribution is 0.0697. The van der Waals surface area contributed by atoms with Crippen LogP contribution in [0.2, 0.25) is 5.02 Å². The van der Waals surface area contributed by atoms with Crippen LogP contribution in [0, 0.1) is 12.8 Å². The molecule has 136 valence electrons. The first-order chi connectivity index (χ1) is 11.7. The number of aryl methyl sites for hydroxylation is 1. The highest BCUT2D eigenvalue weighted by Crippen LogP contribution is 2.30. The Hall–Kier alpha value is -1.71. The molecule has 0 bridgehead atoms. The Labute approximate surface area is 150 Å². The quantitative estimate of drug-likeness (QED) is 0.858. The first-order valence-electron chi connectivity index (χ1n) is 7.88. The number of sulfonamides is 1. The van der Waals surface area contributed by atoms with Gasteiger partial charge in [-0.25, -0.2) is 27.2 Å². The third-order valence-corrected chi connectivity index (χ3v) is 6.27. The first kappa shape index (κ1) is 18.1. The van der Waals surface area contributed by atoms with Crippen LogP contribution < -0.4 is 0 Å². The summed E-state index contributed by atoms with van der Waals surface area (Å²) < 4.78 is 26.4. The van der Waals surface area contributed by atoms with Crippen molar-refractivity contribution < 1.29 is 18.3 Å². The van der Waals surface area contributed by atoms with Gasteiger partial charge >= 0.3 is 5.97 Å². The van der Waals surface area contributed by atoms with Gasteiger partial charge in [0, 0.05) is 25.8 Å². The van der Waals surface area contributed by atoms with Crippen molar-refractivity contribution >= 4 is 38.6 Å². The summed E-state index contributed by atoms with van der Waals surface area (Å²) in [6.45, 7) is 3.36. The molecule has 3 heterocycles. The average Bonchev–Trinajstić information content (AvgIpc) is 2.84. The smallest absolute Gasteiger partial charge is 0.338 e. The zero-order valence-electron chi connectivity index (χ0n) is 13.9. The number of pyridine rings is 1. The molecule has 2 aromatic heterocycles. The fourth-order valence-corrected chi connectivity index (χ4v) is 4.44. The standard InChI is InChI=1S/C15H19ClN4O4S/c1-9-12-13(16)11(15(21)22)7-17-14(12)20(18-9)8-10-3-5-19(6-4-10)25(2,23)24/h7,10H,3-6,8H2,1-2H3,(H,21,22). The maximum absolute atomic E-state index is 11.6. The molecular formula is C15H19ClN4O4S. The number of hydrogen-bond donors (Lipinski definition) is 1. The Morgan fingerprint density at radius 2 is 2.04 bits per heavy atom. The van der Waals surface area contributed by atoms with E-state index >= 15 is 0 Å². The number of nitrogens with zero attached hydrogens (tertiary/aromatic N) is 4. The predicted molar refractivity (Wildman–Crippen MR) is 93.4 cm³/mol. The minimum atomic E-state index is -3.15. The minimum absolute atomic E-state index is 0.0433. The molecule has 3 rings (SSSR count). The van der Waals surface area contributed by atoms with E-state index < -0.39 is 16.0 Å². The Morgan fingerprint density at radius 1 is 1.40 bits per heavy atom. The molecule has 0 aromatic carbocycles. The van der Waals surface area contributed by atoms with E-state index in [2.05, 4.69) is 10.1 Å². The average molecular weight is 387 g/mol. The maximum atomic E-state index is 11.6. The number of hydrogen-bond acceptors (Lipinski definition) is 5. The molecular weight excluding hydrogens is 368 g/mol. The second-order valence-electron chi connectivity index (χ2n) is 6.36. The molecule has 1 saturated heterocycles. The van der Waals surface area contributed by atoms with E-state index in [1.54, 1.807) is 11.6 Å². The zero-order chi connectivity index (χ0) is 18.4. The fraction of sp³-hybridized carbons (Fsp3) is 0.533. The van der Waals surface area contributed by atoms with E-state index in [-0.39, 0.29) is 16.5 Å². The fourth-order valence-electron chi connectivity index (χ4n) is 3.22. The Morgan fingerprint density at radius 3 is 2.60 bits per heavy atom. The summed E-state index contributed by atoms with van der Waals surface area (Å²) >= 11 is 6.22. The lowest BCUT2D eigenvalue weighted by Crippen LogP contribution is -2.38. The Bertz CT molecular complexity index is 933.